The molecule has 1 unspecified atom stereocenters. The zero-order chi connectivity index (χ0) is 15.2. The van der Waals surface area contributed by atoms with E-state index in [0.717, 1.165) is 18.7 Å². The predicted molar refractivity (Wildman–Crippen MR) is 84.4 cm³/mol. The minimum absolute atomic E-state index is 0.102. The fraction of sp³-hybridized carbons (Fsp3) is 0.647. The van der Waals surface area contributed by atoms with Crippen LogP contribution in [0.2, 0.25) is 0 Å². The van der Waals surface area contributed by atoms with Crippen molar-refractivity contribution in [3.8, 4) is 5.75 Å². The van der Waals surface area contributed by atoms with Gasteiger partial charge in [-0.25, -0.2) is 0 Å². The molecule has 0 saturated carbocycles. The van der Waals surface area contributed by atoms with Crippen LogP contribution in [-0.4, -0.2) is 30.4 Å². The summed E-state index contributed by atoms with van der Waals surface area (Å²) >= 11 is 0. The van der Waals surface area contributed by atoms with Crippen molar-refractivity contribution in [1.82, 2.24) is 5.32 Å². The molecule has 0 heterocycles. The van der Waals surface area contributed by atoms with Gasteiger partial charge in [0.1, 0.15) is 18.0 Å². The lowest BCUT2D eigenvalue weighted by Crippen LogP contribution is -2.43. The van der Waals surface area contributed by atoms with Gasteiger partial charge in [-0.1, -0.05) is 39.8 Å². The second-order valence-corrected chi connectivity index (χ2v) is 6.74. The lowest BCUT2D eigenvalue weighted by molar-refractivity contribution is 0.0124. The fourth-order valence-corrected chi connectivity index (χ4v) is 1.88. The van der Waals surface area contributed by atoms with Gasteiger partial charge in [-0.15, -0.1) is 0 Å². The molecule has 0 aliphatic carbocycles. The van der Waals surface area contributed by atoms with Gasteiger partial charge in [0.25, 0.3) is 0 Å². The smallest absolute Gasteiger partial charge is 0.119 e. The summed E-state index contributed by atoms with van der Waals surface area (Å²) in [6.45, 7) is 12.2. The van der Waals surface area contributed by atoms with Crippen LogP contribution in [-0.2, 0) is 5.41 Å². The average molecular weight is 279 g/mol. The van der Waals surface area contributed by atoms with Gasteiger partial charge in [-0.3, -0.25) is 0 Å². The monoisotopic (exact) mass is 279 g/mol. The number of hydrogen-bond acceptors (Lipinski definition) is 3. The highest BCUT2D eigenvalue weighted by Crippen LogP contribution is 2.25. The first-order chi connectivity index (χ1) is 9.24. The van der Waals surface area contributed by atoms with Crippen molar-refractivity contribution >= 4 is 0 Å². The van der Waals surface area contributed by atoms with Crippen LogP contribution >= 0.6 is 0 Å². The zero-order valence-electron chi connectivity index (χ0n) is 13.5. The summed E-state index contributed by atoms with van der Waals surface area (Å²) in [5.41, 5.74) is 0.482. The number of hydrogen-bond donors (Lipinski definition) is 2. The van der Waals surface area contributed by atoms with E-state index in [1.807, 2.05) is 12.1 Å². The summed E-state index contributed by atoms with van der Waals surface area (Å²) in [5.74, 6) is 0.813. The van der Waals surface area contributed by atoms with E-state index in [-0.39, 0.29) is 12.0 Å². The predicted octanol–water partition coefficient (Wildman–Crippen LogP) is 3.11. The molecule has 3 heteroatoms. The van der Waals surface area contributed by atoms with Crippen LogP contribution in [0.25, 0.3) is 0 Å². The highest BCUT2D eigenvalue weighted by atomic mass is 16.5. The Morgan fingerprint density at radius 2 is 1.90 bits per heavy atom. The van der Waals surface area contributed by atoms with E-state index < -0.39 is 5.60 Å². The Kier molecular flexibility index (Phi) is 6.03. The Morgan fingerprint density at radius 1 is 1.20 bits per heavy atom. The van der Waals surface area contributed by atoms with E-state index in [1.165, 1.54) is 5.56 Å². The van der Waals surface area contributed by atoms with Crippen molar-refractivity contribution in [3.63, 3.8) is 0 Å². The number of aliphatic hydroxyl groups is 1. The Hall–Kier alpha value is -1.06. The number of rotatable bonds is 7. The summed E-state index contributed by atoms with van der Waals surface area (Å²) in [6, 6.07) is 8.09. The Morgan fingerprint density at radius 3 is 2.50 bits per heavy atom. The maximum atomic E-state index is 10.2. The molecule has 3 nitrogen and oxygen atoms in total. The van der Waals surface area contributed by atoms with Crippen LogP contribution in [0.5, 0.6) is 5.75 Å². The van der Waals surface area contributed by atoms with E-state index in [2.05, 4.69) is 45.1 Å². The van der Waals surface area contributed by atoms with Gasteiger partial charge in [0.2, 0.25) is 0 Å². The van der Waals surface area contributed by atoms with Crippen molar-refractivity contribution in [1.29, 1.82) is 0 Å². The SMILES string of the molecule is CCCNCC(C)(O)COc1cccc(C(C)(C)C)c1. The summed E-state index contributed by atoms with van der Waals surface area (Å²) in [4.78, 5) is 0. The molecule has 0 aliphatic rings. The Labute approximate surface area is 123 Å². The molecule has 1 atom stereocenters. The quantitative estimate of drug-likeness (QED) is 0.754. The highest BCUT2D eigenvalue weighted by molar-refractivity contribution is 5.32. The van der Waals surface area contributed by atoms with Crippen LogP contribution in [0.1, 0.15) is 46.6 Å². The lowest BCUT2D eigenvalue weighted by Gasteiger charge is -2.25. The topological polar surface area (TPSA) is 41.5 Å². The second-order valence-electron chi connectivity index (χ2n) is 6.74. The van der Waals surface area contributed by atoms with E-state index in [0.29, 0.717) is 6.54 Å². The summed E-state index contributed by atoms with van der Waals surface area (Å²) in [7, 11) is 0. The number of benzene rings is 1. The van der Waals surface area contributed by atoms with E-state index >= 15 is 0 Å². The molecule has 20 heavy (non-hydrogen) atoms. The van der Waals surface area contributed by atoms with Gasteiger partial charge >= 0.3 is 0 Å². The molecule has 0 radical (unpaired) electrons. The third-order valence-electron chi connectivity index (χ3n) is 3.18. The van der Waals surface area contributed by atoms with Crippen LogP contribution < -0.4 is 10.1 Å². The minimum Gasteiger partial charge on any atom is -0.491 e. The van der Waals surface area contributed by atoms with Gasteiger partial charge in [0.15, 0.2) is 0 Å². The first-order valence-electron chi connectivity index (χ1n) is 7.41. The zero-order valence-corrected chi connectivity index (χ0v) is 13.5. The molecule has 2 N–H and O–H groups in total. The normalized spacial score (nSPS) is 14.9. The fourth-order valence-electron chi connectivity index (χ4n) is 1.88. The maximum absolute atomic E-state index is 10.2. The second kappa shape index (κ2) is 7.09. The summed E-state index contributed by atoms with van der Waals surface area (Å²) in [5, 5.41) is 13.5. The molecular weight excluding hydrogens is 250 g/mol. The lowest BCUT2D eigenvalue weighted by atomic mass is 9.87. The van der Waals surface area contributed by atoms with Gasteiger partial charge in [-0.2, -0.15) is 0 Å². The van der Waals surface area contributed by atoms with Crippen LogP contribution in [0.4, 0.5) is 0 Å². The molecule has 0 aromatic heterocycles. The van der Waals surface area contributed by atoms with Gasteiger partial charge in [0.05, 0.1) is 0 Å². The largest absolute Gasteiger partial charge is 0.491 e. The molecule has 0 spiro atoms. The average Bonchev–Trinajstić information content (AvgIpc) is 2.36. The van der Waals surface area contributed by atoms with Gasteiger partial charge in [-0.05, 0) is 43.0 Å². The summed E-state index contributed by atoms with van der Waals surface area (Å²) < 4.78 is 5.75. The van der Waals surface area contributed by atoms with E-state index in [9.17, 15) is 5.11 Å². The van der Waals surface area contributed by atoms with Crippen molar-refractivity contribution in [2.24, 2.45) is 0 Å². The van der Waals surface area contributed by atoms with Crippen molar-refractivity contribution in [3.05, 3.63) is 29.8 Å². The third kappa shape index (κ3) is 5.93. The molecule has 0 aliphatic heterocycles. The first-order valence-corrected chi connectivity index (χ1v) is 7.41. The minimum atomic E-state index is -0.854. The van der Waals surface area contributed by atoms with Crippen molar-refractivity contribution < 1.29 is 9.84 Å². The molecule has 1 aromatic carbocycles. The maximum Gasteiger partial charge on any atom is 0.119 e. The Bertz CT molecular complexity index is 408. The highest BCUT2D eigenvalue weighted by Gasteiger charge is 2.21. The number of ether oxygens (including phenoxy) is 1. The van der Waals surface area contributed by atoms with Gasteiger partial charge < -0.3 is 15.2 Å². The van der Waals surface area contributed by atoms with Crippen LogP contribution in [0.15, 0.2) is 24.3 Å². The molecule has 114 valence electrons. The van der Waals surface area contributed by atoms with E-state index in [4.69, 9.17) is 4.74 Å². The standard InChI is InChI=1S/C17H29NO2/c1-6-10-18-12-17(5,19)13-20-15-9-7-8-14(11-15)16(2,3)4/h7-9,11,18-19H,6,10,12-13H2,1-5H3. The molecule has 0 saturated heterocycles. The van der Waals surface area contributed by atoms with E-state index in [1.54, 1.807) is 6.92 Å². The third-order valence-corrected chi connectivity index (χ3v) is 3.18. The van der Waals surface area contributed by atoms with Gasteiger partial charge in [0, 0.05) is 6.54 Å². The van der Waals surface area contributed by atoms with Crippen molar-refractivity contribution in [2.75, 3.05) is 19.7 Å². The molecule has 1 rings (SSSR count). The van der Waals surface area contributed by atoms with Crippen molar-refractivity contribution in [2.45, 2.75) is 52.1 Å². The molecule has 0 bridgehead atoms. The molecule has 1 aromatic rings. The van der Waals surface area contributed by atoms with Crippen LogP contribution in [0, 0.1) is 0 Å². The first kappa shape index (κ1) is 17.0. The summed E-state index contributed by atoms with van der Waals surface area (Å²) in [6.07, 6.45) is 1.06. The molecule has 0 fully saturated rings. The molecule has 0 amide bonds. The van der Waals surface area contributed by atoms with Crippen LogP contribution in [0.3, 0.4) is 0 Å². The Balaban J connectivity index is 2.57. The number of nitrogens with one attached hydrogen (secondary N) is 1. The molecular formula is C17H29NO2.